The van der Waals surface area contributed by atoms with E-state index in [0.29, 0.717) is 11.3 Å². The van der Waals surface area contributed by atoms with E-state index in [4.69, 9.17) is 0 Å². The Balaban J connectivity index is 1.33. The molecule has 2 aromatic carbocycles. The Labute approximate surface area is 252 Å². The van der Waals surface area contributed by atoms with Crippen molar-refractivity contribution in [2.24, 2.45) is 5.92 Å². The average molecular weight is 597 g/mol. The number of halogens is 2. The molecule has 2 N–H and O–H groups in total. The standard InChI is InChI=1S/C33H30F2N6O3/c1-18(2)10-29(40(3)30(42)28-14-22-24(35)12-20(34)13-27(22)38-28)31(43)41-17-33(15-21(41)16-36)23-11-19(25-6-4-5-9-37-25)7-8-26(23)39-32(33)44/h4-9,11-14,18,21,29,38H,10,15,17H2,1-3H3,(H,39,44)/t21-,29-,33-/m0/s1. The van der Waals surface area contributed by atoms with E-state index in [0.717, 1.165) is 23.4 Å². The van der Waals surface area contributed by atoms with Crippen LogP contribution in [0.3, 0.4) is 0 Å². The first kappa shape index (κ1) is 29.0. The summed E-state index contributed by atoms with van der Waals surface area (Å²) in [5.41, 5.74) is 1.80. The van der Waals surface area contributed by atoms with E-state index in [1.807, 2.05) is 44.2 Å². The van der Waals surface area contributed by atoms with Crippen molar-refractivity contribution in [3.8, 4) is 17.3 Å². The second-order valence-electron chi connectivity index (χ2n) is 11.9. The lowest BCUT2D eigenvalue weighted by Crippen LogP contribution is -2.52. The highest BCUT2D eigenvalue weighted by molar-refractivity contribution is 6.08. The number of carbonyl (C=O) groups excluding carboxylic acids is 3. The SMILES string of the molecule is CC(C)C[C@@H](C(=O)N1C[C@]2(C[C@H]1C#N)C(=O)Nc1ccc(-c3ccccn3)cc12)N(C)C(=O)c1cc2c(F)cc(F)cc2[nH]1. The van der Waals surface area contributed by atoms with Crippen molar-refractivity contribution in [2.45, 2.75) is 44.2 Å². The number of hydrogen-bond donors (Lipinski definition) is 2. The minimum absolute atomic E-state index is 0.00516. The Kier molecular flexibility index (Phi) is 7.16. The predicted octanol–water partition coefficient (Wildman–Crippen LogP) is 5.01. The van der Waals surface area contributed by atoms with E-state index in [1.165, 1.54) is 22.9 Å². The number of nitrogens with one attached hydrogen (secondary N) is 2. The van der Waals surface area contributed by atoms with Crippen LogP contribution in [0.25, 0.3) is 22.2 Å². The van der Waals surface area contributed by atoms with Gasteiger partial charge in [-0.1, -0.05) is 26.0 Å². The molecule has 1 saturated heterocycles. The highest BCUT2D eigenvalue weighted by atomic mass is 19.1. The molecule has 0 unspecified atom stereocenters. The van der Waals surface area contributed by atoms with Gasteiger partial charge in [0.05, 0.1) is 22.7 Å². The Morgan fingerprint density at radius 1 is 1.18 bits per heavy atom. The number of rotatable bonds is 6. The molecule has 4 aromatic rings. The monoisotopic (exact) mass is 596 g/mol. The van der Waals surface area contributed by atoms with Gasteiger partial charge in [0.2, 0.25) is 11.8 Å². The molecule has 3 atom stereocenters. The number of pyridine rings is 1. The molecule has 0 bridgehead atoms. The van der Waals surface area contributed by atoms with Crippen molar-refractivity contribution >= 4 is 34.3 Å². The van der Waals surface area contributed by atoms with Crippen molar-refractivity contribution < 1.29 is 23.2 Å². The van der Waals surface area contributed by atoms with Crippen molar-refractivity contribution in [1.29, 1.82) is 5.26 Å². The zero-order chi connectivity index (χ0) is 31.3. The van der Waals surface area contributed by atoms with Crippen LogP contribution < -0.4 is 5.32 Å². The van der Waals surface area contributed by atoms with E-state index < -0.39 is 40.9 Å². The molecule has 1 spiro atoms. The number of aromatic nitrogens is 2. The van der Waals surface area contributed by atoms with Crippen LogP contribution in [0.4, 0.5) is 14.5 Å². The van der Waals surface area contributed by atoms with E-state index in [1.54, 1.807) is 12.3 Å². The van der Waals surface area contributed by atoms with Crippen molar-refractivity contribution in [1.82, 2.24) is 19.8 Å². The molecule has 9 nitrogen and oxygen atoms in total. The van der Waals surface area contributed by atoms with Gasteiger partial charge in [0.1, 0.15) is 29.4 Å². The highest BCUT2D eigenvalue weighted by Crippen LogP contribution is 2.47. The molecule has 224 valence electrons. The first-order valence-corrected chi connectivity index (χ1v) is 14.3. The zero-order valence-corrected chi connectivity index (χ0v) is 24.4. The first-order valence-electron chi connectivity index (χ1n) is 14.3. The molecule has 4 heterocycles. The summed E-state index contributed by atoms with van der Waals surface area (Å²) in [5, 5.41) is 13.2. The quantitative estimate of drug-likeness (QED) is 0.324. The number of fused-ring (bicyclic) bond motifs is 3. The van der Waals surface area contributed by atoms with Crippen LogP contribution in [0.2, 0.25) is 0 Å². The fourth-order valence-corrected chi connectivity index (χ4v) is 6.39. The Hall–Kier alpha value is -5.11. The van der Waals surface area contributed by atoms with Crippen molar-refractivity contribution in [3.05, 3.63) is 83.7 Å². The number of likely N-dealkylation sites (N-methyl/N-ethyl adjacent to an activating group) is 1. The van der Waals surface area contributed by atoms with E-state index >= 15 is 0 Å². The average Bonchev–Trinajstić information content (AvgIpc) is 3.69. The Morgan fingerprint density at radius 3 is 2.68 bits per heavy atom. The molecule has 2 aliphatic heterocycles. The lowest BCUT2D eigenvalue weighted by Gasteiger charge is -2.33. The molecule has 0 saturated carbocycles. The molecule has 0 radical (unpaired) electrons. The van der Waals surface area contributed by atoms with E-state index in [-0.39, 0.29) is 47.8 Å². The molecule has 2 aromatic heterocycles. The fourth-order valence-electron chi connectivity index (χ4n) is 6.39. The summed E-state index contributed by atoms with van der Waals surface area (Å²) in [4.78, 5) is 51.3. The normalized spacial score (nSPS) is 19.7. The number of hydrogen-bond acceptors (Lipinski definition) is 5. The Morgan fingerprint density at radius 2 is 1.98 bits per heavy atom. The van der Waals surface area contributed by atoms with Crippen LogP contribution in [0.15, 0.2) is 60.8 Å². The highest BCUT2D eigenvalue weighted by Gasteiger charge is 2.57. The number of benzene rings is 2. The number of likely N-dealkylation sites (tertiary alicyclic amines) is 1. The molecule has 44 heavy (non-hydrogen) atoms. The zero-order valence-electron chi connectivity index (χ0n) is 24.4. The number of nitriles is 1. The maximum atomic E-state index is 14.4. The van der Waals surface area contributed by atoms with Gasteiger partial charge in [-0.15, -0.1) is 0 Å². The summed E-state index contributed by atoms with van der Waals surface area (Å²) in [6.45, 7) is 3.78. The van der Waals surface area contributed by atoms with Gasteiger partial charge in [0, 0.05) is 48.9 Å². The molecule has 6 rings (SSSR count). The smallest absolute Gasteiger partial charge is 0.270 e. The van der Waals surface area contributed by atoms with Gasteiger partial charge in [-0.05, 0) is 54.3 Å². The largest absolute Gasteiger partial charge is 0.350 e. The minimum Gasteiger partial charge on any atom is -0.350 e. The number of H-pyrrole nitrogens is 1. The van der Waals surface area contributed by atoms with Gasteiger partial charge in [-0.2, -0.15) is 5.26 Å². The van der Waals surface area contributed by atoms with Crippen molar-refractivity contribution in [2.75, 3.05) is 18.9 Å². The lowest BCUT2D eigenvalue weighted by molar-refractivity contribution is -0.136. The molecular weight excluding hydrogens is 566 g/mol. The number of amides is 3. The number of anilines is 1. The molecular formula is C33H30F2N6O3. The molecule has 0 aliphatic carbocycles. The third kappa shape index (κ3) is 4.76. The van der Waals surface area contributed by atoms with Crippen LogP contribution >= 0.6 is 0 Å². The molecule has 2 aliphatic rings. The fraction of sp³-hybridized carbons (Fsp3) is 0.303. The first-order chi connectivity index (χ1) is 21.0. The maximum absolute atomic E-state index is 14.4. The van der Waals surface area contributed by atoms with Gasteiger partial charge in [0.15, 0.2) is 0 Å². The summed E-state index contributed by atoms with van der Waals surface area (Å²) in [5.74, 6) is -2.96. The second kappa shape index (κ2) is 10.9. The van der Waals surface area contributed by atoms with Crippen LogP contribution in [0, 0.1) is 28.9 Å². The van der Waals surface area contributed by atoms with Gasteiger partial charge in [-0.25, -0.2) is 8.78 Å². The summed E-state index contributed by atoms with van der Waals surface area (Å²) >= 11 is 0. The van der Waals surface area contributed by atoms with Gasteiger partial charge in [0.25, 0.3) is 5.91 Å². The summed E-state index contributed by atoms with van der Waals surface area (Å²) in [6.07, 6.45) is 2.05. The second-order valence-corrected chi connectivity index (χ2v) is 11.9. The number of aromatic amines is 1. The third-order valence-electron chi connectivity index (χ3n) is 8.62. The van der Waals surface area contributed by atoms with Crippen LogP contribution in [-0.4, -0.2) is 63.2 Å². The molecule has 3 amide bonds. The van der Waals surface area contributed by atoms with Crippen molar-refractivity contribution in [3.63, 3.8) is 0 Å². The lowest BCUT2D eigenvalue weighted by atomic mass is 9.79. The predicted molar refractivity (Wildman–Crippen MR) is 159 cm³/mol. The van der Waals surface area contributed by atoms with Gasteiger partial charge >= 0.3 is 0 Å². The van der Waals surface area contributed by atoms with E-state index in [9.17, 15) is 28.4 Å². The molecule has 1 fully saturated rings. The summed E-state index contributed by atoms with van der Waals surface area (Å²) in [7, 11) is 1.47. The maximum Gasteiger partial charge on any atom is 0.270 e. The van der Waals surface area contributed by atoms with Crippen LogP contribution in [-0.2, 0) is 15.0 Å². The minimum atomic E-state index is -1.15. The van der Waals surface area contributed by atoms with Gasteiger partial charge in [-0.3, -0.25) is 19.4 Å². The number of carbonyl (C=O) groups is 3. The summed E-state index contributed by atoms with van der Waals surface area (Å²) in [6, 6.07) is 14.5. The summed E-state index contributed by atoms with van der Waals surface area (Å²) < 4.78 is 28.1. The number of nitrogens with zero attached hydrogens (tertiary/aromatic N) is 4. The van der Waals surface area contributed by atoms with Gasteiger partial charge < -0.3 is 20.1 Å². The van der Waals surface area contributed by atoms with Crippen LogP contribution in [0.1, 0.15) is 42.7 Å². The Bertz CT molecular complexity index is 1850. The molecule has 11 heteroatoms. The third-order valence-corrected chi connectivity index (χ3v) is 8.62. The van der Waals surface area contributed by atoms with Crippen LogP contribution in [0.5, 0.6) is 0 Å². The topological polar surface area (TPSA) is 122 Å². The van der Waals surface area contributed by atoms with E-state index in [2.05, 4.69) is 21.4 Å².